The van der Waals surface area contributed by atoms with Crippen molar-refractivity contribution < 1.29 is 9.50 Å². The summed E-state index contributed by atoms with van der Waals surface area (Å²) in [4.78, 5) is 12.6. The number of aliphatic hydroxyl groups is 1. The summed E-state index contributed by atoms with van der Waals surface area (Å²) in [5.74, 6) is 1.63. The third kappa shape index (κ3) is 4.40. The summed E-state index contributed by atoms with van der Waals surface area (Å²) in [6.07, 6.45) is 3.64. The summed E-state index contributed by atoms with van der Waals surface area (Å²) in [5.41, 5.74) is 1.42. The van der Waals surface area contributed by atoms with Gasteiger partial charge in [-0.25, -0.2) is 14.4 Å². The molecule has 0 spiro atoms. The zero-order valence-corrected chi connectivity index (χ0v) is 15.3. The Balaban J connectivity index is 1.65. The summed E-state index contributed by atoms with van der Waals surface area (Å²) >= 11 is 0. The van der Waals surface area contributed by atoms with Gasteiger partial charge in [0.05, 0.1) is 5.69 Å². The smallest absolute Gasteiger partial charge is 0.146 e. The second-order valence-electron chi connectivity index (χ2n) is 6.93. The SMILES string of the molecule is CN(C)c1ccc(CNc2cc(N3CCCC(CO)C3)ncn2)cc1F. The van der Waals surface area contributed by atoms with E-state index in [0.717, 1.165) is 37.3 Å². The van der Waals surface area contributed by atoms with Crippen molar-refractivity contribution in [2.24, 2.45) is 5.92 Å². The number of piperidine rings is 1. The zero-order valence-electron chi connectivity index (χ0n) is 15.3. The van der Waals surface area contributed by atoms with Crippen LogP contribution in [0, 0.1) is 11.7 Å². The van der Waals surface area contributed by atoms with E-state index in [0.29, 0.717) is 24.0 Å². The number of nitrogens with one attached hydrogen (secondary N) is 1. The molecule has 0 saturated carbocycles. The van der Waals surface area contributed by atoms with Gasteiger partial charge in [0.25, 0.3) is 0 Å². The molecule has 6 nitrogen and oxygen atoms in total. The van der Waals surface area contributed by atoms with Gasteiger partial charge in [-0.05, 0) is 36.5 Å². The van der Waals surface area contributed by atoms with Crippen LogP contribution < -0.4 is 15.1 Å². The van der Waals surface area contributed by atoms with Gasteiger partial charge in [0.15, 0.2) is 0 Å². The molecule has 0 aliphatic carbocycles. The summed E-state index contributed by atoms with van der Waals surface area (Å²) in [6, 6.07) is 7.13. The number of rotatable bonds is 6. The van der Waals surface area contributed by atoms with Crippen molar-refractivity contribution in [3.63, 3.8) is 0 Å². The largest absolute Gasteiger partial charge is 0.396 e. The fourth-order valence-electron chi connectivity index (χ4n) is 3.25. The quantitative estimate of drug-likeness (QED) is 0.826. The predicted octanol–water partition coefficient (Wildman–Crippen LogP) is 2.50. The first kappa shape index (κ1) is 18.4. The minimum atomic E-state index is -0.235. The molecule has 2 N–H and O–H groups in total. The van der Waals surface area contributed by atoms with Crippen molar-refractivity contribution in [1.82, 2.24) is 9.97 Å². The second-order valence-corrected chi connectivity index (χ2v) is 6.93. The molecule has 1 aromatic heterocycles. The van der Waals surface area contributed by atoms with Gasteiger partial charge in [0.2, 0.25) is 0 Å². The van der Waals surface area contributed by atoms with Gasteiger partial charge in [0.1, 0.15) is 23.8 Å². The topological polar surface area (TPSA) is 64.5 Å². The van der Waals surface area contributed by atoms with Crippen LogP contribution >= 0.6 is 0 Å². The molecule has 0 amide bonds. The van der Waals surface area contributed by atoms with Crippen LogP contribution in [0.4, 0.5) is 21.7 Å². The van der Waals surface area contributed by atoms with E-state index in [4.69, 9.17) is 0 Å². The summed E-state index contributed by atoms with van der Waals surface area (Å²) < 4.78 is 14.1. The molecular formula is C19H26FN5O. The van der Waals surface area contributed by atoms with Crippen LogP contribution in [0.2, 0.25) is 0 Å². The molecule has 2 heterocycles. The Morgan fingerprint density at radius 2 is 2.15 bits per heavy atom. The Bertz CT molecular complexity index is 740. The Hall–Kier alpha value is -2.41. The van der Waals surface area contributed by atoms with Crippen molar-refractivity contribution >= 4 is 17.3 Å². The van der Waals surface area contributed by atoms with E-state index >= 15 is 0 Å². The lowest BCUT2D eigenvalue weighted by Crippen LogP contribution is -2.37. The van der Waals surface area contributed by atoms with Crippen molar-refractivity contribution in [3.8, 4) is 0 Å². The highest BCUT2D eigenvalue weighted by Crippen LogP contribution is 2.23. The Labute approximate surface area is 153 Å². The number of hydrogen-bond acceptors (Lipinski definition) is 6. The molecule has 0 radical (unpaired) electrons. The summed E-state index contributed by atoms with van der Waals surface area (Å²) in [5, 5.41) is 12.6. The molecule has 1 aliphatic heterocycles. The molecule has 7 heteroatoms. The zero-order chi connectivity index (χ0) is 18.5. The van der Waals surface area contributed by atoms with E-state index in [1.807, 2.05) is 26.2 Å². The first-order valence-corrected chi connectivity index (χ1v) is 8.94. The molecule has 140 valence electrons. The average Bonchev–Trinajstić information content (AvgIpc) is 2.66. The minimum Gasteiger partial charge on any atom is -0.396 e. The van der Waals surface area contributed by atoms with Crippen LogP contribution in [0.25, 0.3) is 0 Å². The van der Waals surface area contributed by atoms with Gasteiger partial charge < -0.3 is 20.2 Å². The first-order valence-electron chi connectivity index (χ1n) is 8.94. The monoisotopic (exact) mass is 359 g/mol. The van der Waals surface area contributed by atoms with E-state index in [9.17, 15) is 9.50 Å². The van der Waals surface area contributed by atoms with Crippen LogP contribution in [-0.2, 0) is 6.54 Å². The summed E-state index contributed by atoms with van der Waals surface area (Å²) in [6.45, 7) is 2.44. The van der Waals surface area contributed by atoms with Crippen LogP contribution in [0.5, 0.6) is 0 Å². The van der Waals surface area contributed by atoms with Crippen molar-refractivity contribution in [2.45, 2.75) is 19.4 Å². The fraction of sp³-hybridized carbons (Fsp3) is 0.474. The van der Waals surface area contributed by atoms with Crippen LogP contribution in [0.3, 0.4) is 0 Å². The lowest BCUT2D eigenvalue weighted by atomic mass is 9.99. The van der Waals surface area contributed by atoms with Gasteiger partial charge >= 0.3 is 0 Å². The molecule has 0 bridgehead atoms. The maximum Gasteiger partial charge on any atom is 0.146 e. The molecule has 2 aromatic rings. The van der Waals surface area contributed by atoms with Gasteiger partial charge in [0, 0.05) is 46.4 Å². The normalized spacial score (nSPS) is 17.2. The Morgan fingerprint density at radius 1 is 1.31 bits per heavy atom. The Morgan fingerprint density at radius 3 is 2.88 bits per heavy atom. The van der Waals surface area contributed by atoms with Gasteiger partial charge in [-0.15, -0.1) is 0 Å². The number of halogens is 1. The highest BCUT2D eigenvalue weighted by Gasteiger charge is 2.20. The standard InChI is InChI=1S/C19H26FN5O/c1-24(2)17-6-5-14(8-16(17)20)10-21-18-9-19(23-13-22-18)25-7-3-4-15(11-25)12-26/h5-6,8-9,13,15,26H,3-4,7,10-12H2,1-2H3,(H,21,22,23). The van der Waals surface area contributed by atoms with Gasteiger partial charge in [-0.3, -0.25) is 0 Å². The highest BCUT2D eigenvalue weighted by atomic mass is 19.1. The predicted molar refractivity (Wildman–Crippen MR) is 102 cm³/mol. The molecule has 1 aromatic carbocycles. The molecule has 1 fully saturated rings. The van der Waals surface area contributed by atoms with E-state index in [1.54, 1.807) is 17.0 Å². The number of aromatic nitrogens is 2. The van der Waals surface area contributed by atoms with Crippen molar-refractivity contribution in [1.29, 1.82) is 0 Å². The van der Waals surface area contributed by atoms with E-state index in [2.05, 4.69) is 20.2 Å². The number of anilines is 3. The maximum absolute atomic E-state index is 14.1. The van der Waals surface area contributed by atoms with E-state index < -0.39 is 0 Å². The Kier molecular flexibility index (Phi) is 5.88. The van der Waals surface area contributed by atoms with Crippen LogP contribution in [-0.4, -0.2) is 48.9 Å². The molecule has 3 rings (SSSR count). The summed E-state index contributed by atoms with van der Waals surface area (Å²) in [7, 11) is 3.64. The third-order valence-electron chi connectivity index (χ3n) is 4.72. The first-order chi connectivity index (χ1) is 12.6. The van der Waals surface area contributed by atoms with Gasteiger partial charge in [-0.2, -0.15) is 0 Å². The number of aliphatic hydroxyl groups excluding tert-OH is 1. The molecule has 1 unspecified atom stereocenters. The van der Waals surface area contributed by atoms with Crippen LogP contribution in [0.1, 0.15) is 18.4 Å². The number of benzene rings is 1. The minimum absolute atomic E-state index is 0.210. The number of nitrogens with zero attached hydrogens (tertiary/aromatic N) is 4. The van der Waals surface area contributed by atoms with Gasteiger partial charge in [-0.1, -0.05) is 6.07 Å². The molecule has 1 atom stereocenters. The molecule has 26 heavy (non-hydrogen) atoms. The highest BCUT2D eigenvalue weighted by molar-refractivity contribution is 5.50. The maximum atomic E-state index is 14.1. The third-order valence-corrected chi connectivity index (χ3v) is 4.72. The fourth-order valence-corrected chi connectivity index (χ4v) is 3.25. The van der Waals surface area contributed by atoms with Crippen molar-refractivity contribution in [3.05, 3.63) is 42.0 Å². The molecule has 1 saturated heterocycles. The number of hydrogen-bond donors (Lipinski definition) is 2. The average molecular weight is 359 g/mol. The second kappa shape index (κ2) is 8.31. The van der Waals surface area contributed by atoms with Crippen molar-refractivity contribution in [2.75, 3.05) is 48.9 Å². The lowest BCUT2D eigenvalue weighted by molar-refractivity contribution is 0.208. The lowest BCUT2D eigenvalue weighted by Gasteiger charge is -2.32. The molecule has 1 aliphatic rings. The van der Waals surface area contributed by atoms with E-state index in [-0.39, 0.29) is 12.4 Å². The molecular weight excluding hydrogens is 333 g/mol. The van der Waals surface area contributed by atoms with Crippen LogP contribution in [0.15, 0.2) is 30.6 Å². The van der Waals surface area contributed by atoms with E-state index in [1.165, 1.54) is 6.33 Å².